The predicted octanol–water partition coefficient (Wildman–Crippen LogP) is 1.96. The van der Waals surface area contributed by atoms with Gasteiger partial charge >= 0.3 is 0 Å². The van der Waals surface area contributed by atoms with Gasteiger partial charge in [-0.15, -0.1) is 11.3 Å². The number of carbonyl (C=O) groups is 1. The zero-order valence-corrected chi connectivity index (χ0v) is 11.5. The van der Waals surface area contributed by atoms with E-state index in [0.717, 1.165) is 29.3 Å². The number of aliphatic hydroxyl groups excluding tert-OH is 1. The Bertz CT molecular complexity index is 507. The fraction of sp³-hybridized carbons (Fsp3) is 0.500. The molecule has 1 saturated heterocycles. The van der Waals surface area contributed by atoms with Gasteiger partial charge in [-0.05, 0) is 24.0 Å². The lowest BCUT2D eigenvalue weighted by Crippen LogP contribution is -2.29. The Labute approximate surface area is 111 Å². The summed E-state index contributed by atoms with van der Waals surface area (Å²) >= 11 is 1.39. The second kappa shape index (κ2) is 5.13. The first kappa shape index (κ1) is 13.1. The van der Waals surface area contributed by atoms with E-state index in [9.17, 15) is 4.79 Å². The van der Waals surface area contributed by atoms with E-state index < -0.39 is 0 Å². The minimum atomic E-state index is -0.151. The van der Waals surface area contributed by atoms with E-state index in [1.165, 1.54) is 11.3 Å². The third-order valence-corrected chi connectivity index (χ3v) is 4.06. The van der Waals surface area contributed by atoms with Crippen LogP contribution in [0.25, 0.3) is 0 Å². The van der Waals surface area contributed by atoms with E-state index >= 15 is 0 Å². The van der Waals surface area contributed by atoms with Crippen molar-refractivity contribution < 1.29 is 9.90 Å². The van der Waals surface area contributed by atoms with Crippen LogP contribution in [0.3, 0.4) is 0 Å². The van der Waals surface area contributed by atoms with Gasteiger partial charge in [0.25, 0.3) is 5.91 Å². The van der Waals surface area contributed by atoms with Gasteiger partial charge in [0, 0.05) is 13.1 Å². The molecule has 0 radical (unpaired) electrons. The summed E-state index contributed by atoms with van der Waals surface area (Å²) in [6, 6.07) is 3.65. The van der Waals surface area contributed by atoms with E-state index in [-0.39, 0.29) is 17.9 Å². The minimum Gasteiger partial charge on any atom is -0.384 e. The molecule has 1 aliphatic heterocycles. The highest BCUT2D eigenvalue weighted by Gasteiger charge is 2.32. The van der Waals surface area contributed by atoms with Gasteiger partial charge in [0.1, 0.15) is 6.61 Å². The molecule has 2 rings (SSSR count). The van der Waals surface area contributed by atoms with E-state index in [1.54, 1.807) is 0 Å². The Kier molecular flexibility index (Phi) is 3.74. The summed E-state index contributed by atoms with van der Waals surface area (Å²) in [6.07, 6.45) is 1.06. The summed E-state index contributed by atoms with van der Waals surface area (Å²) in [5.74, 6) is 5.51. The van der Waals surface area contributed by atoms with Gasteiger partial charge in [0.05, 0.1) is 9.75 Å². The van der Waals surface area contributed by atoms with E-state index in [4.69, 9.17) is 5.11 Å². The van der Waals surface area contributed by atoms with Crippen LogP contribution in [-0.4, -0.2) is 35.6 Å². The molecular weight excluding hydrogens is 246 g/mol. The van der Waals surface area contributed by atoms with Crippen LogP contribution in [0.15, 0.2) is 12.1 Å². The zero-order valence-electron chi connectivity index (χ0n) is 10.7. The highest BCUT2D eigenvalue weighted by atomic mass is 32.1. The number of hydrogen-bond acceptors (Lipinski definition) is 3. The third-order valence-electron chi connectivity index (χ3n) is 3.07. The SMILES string of the molecule is CC1(C)CCN(C(=O)c2ccc(C#CCO)s2)C1. The Morgan fingerprint density at radius 2 is 2.33 bits per heavy atom. The summed E-state index contributed by atoms with van der Waals surface area (Å²) in [4.78, 5) is 15.7. The van der Waals surface area contributed by atoms with E-state index in [2.05, 4.69) is 25.7 Å². The van der Waals surface area contributed by atoms with Crippen LogP contribution in [-0.2, 0) is 0 Å². The van der Waals surface area contributed by atoms with Crippen molar-refractivity contribution in [2.45, 2.75) is 20.3 Å². The molecular formula is C14H17NO2S. The van der Waals surface area contributed by atoms with Crippen LogP contribution in [0.4, 0.5) is 0 Å². The minimum absolute atomic E-state index is 0.0997. The Balaban J connectivity index is 2.08. The van der Waals surface area contributed by atoms with Crippen LogP contribution in [0.2, 0.25) is 0 Å². The van der Waals surface area contributed by atoms with E-state index in [0.29, 0.717) is 0 Å². The second-order valence-corrected chi connectivity index (χ2v) is 6.35. The molecule has 0 aromatic carbocycles. The molecule has 96 valence electrons. The van der Waals surface area contributed by atoms with Gasteiger partial charge in [-0.25, -0.2) is 0 Å². The monoisotopic (exact) mass is 263 g/mol. The molecule has 1 N–H and O–H groups in total. The standard InChI is InChI=1S/C14H17NO2S/c1-14(2)7-8-15(10-14)13(17)12-6-5-11(18-12)4-3-9-16/h5-6,16H,7-10H2,1-2H3. The normalized spacial score (nSPS) is 17.4. The fourth-order valence-electron chi connectivity index (χ4n) is 2.09. The molecule has 1 fully saturated rings. The van der Waals surface area contributed by atoms with Crippen molar-refractivity contribution in [3.63, 3.8) is 0 Å². The number of thiophene rings is 1. The average molecular weight is 263 g/mol. The molecule has 3 nitrogen and oxygen atoms in total. The van der Waals surface area contributed by atoms with Gasteiger partial charge in [-0.3, -0.25) is 4.79 Å². The topological polar surface area (TPSA) is 40.5 Å². The highest BCUT2D eigenvalue weighted by molar-refractivity contribution is 7.14. The summed E-state index contributed by atoms with van der Waals surface area (Å²) in [6.45, 7) is 5.88. The maximum absolute atomic E-state index is 12.3. The lowest BCUT2D eigenvalue weighted by atomic mass is 9.93. The maximum Gasteiger partial charge on any atom is 0.263 e. The Hall–Kier alpha value is -1.31. The number of amides is 1. The number of rotatable bonds is 1. The van der Waals surface area contributed by atoms with Crippen LogP contribution < -0.4 is 0 Å². The van der Waals surface area contributed by atoms with Crippen molar-refractivity contribution in [1.29, 1.82) is 0 Å². The number of nitrogens with zero attached hydrogens (tertiary/aromatic N) is 1. The maximum atomic E-state index is 12.3. The molecule has 0 aliphatic carbocycles. The van der Waals surface area contributed by atoms with Crippen molar-refractivity contribution >= 4 is 17.2 Å². The van der Waals surface area contributed by atoms with Gasteiger partial charge in [0.15, 0.2) is 0 Å². The molecule has 0 bridgehead atoms. The second-order valence-electron chi connectivity index (χ2n) is 5.26. The van der Waals surface area contributed by atoms with Crippen LogP contribution in [0, 0.1) is 17.3 Å². The van der Waals surface area contributed by atoms with Crippen molar-refractivity contribution in [2.24, 2.45) is 5.41 Å². The molecule has 18 heavy (non-hydrogen) atoms. The predicted molar refractivity (Wildman–Crippen MR) is 72.6 cm³/mol. The molecule has 1 aliphatic rings. The van der Waals surface area contributed by atoms with Crippen LogP contribution in [0.1, 0.15) is 34.8 Å². The van der Waals surface area contributed by atoms with Crippen molar-refractivity contribution in [3.05, 3.63) is 21.9 Å². The highest BCUT2D eigenvalue weighted by Crippen LogP contribution is 2.30. The van der Waals surface area contributed by atoms with Crippen LogP contribution in [0.5, 0.6) is 0 Å². The molecule has 0 atom stereocenters. The number of aliphatic hydroxyl groups is 1. The molecule has 0 unspecified atom stereocenters. The molecule has 4 heteroatoms. The molecule has 1 amide bonds. The molecule has 0 spiro atoms. The van der Waals surface area contributed by atoms with Gasteiger partial charge in [-0.1, -0.05) is 25.7 Å². The number of likely N-dealkylation sites (tertiary alicyclic amines) is 1. The molecule has 1 aromatic heterocycles. The van der Waals surface area contributed by atoms with Gasteiger partial charge in [-0.2, -0.15) is 0 Å². The number of hydrogen-bond donors (Lipinski definition) is 1. The number of carbonyl (C=O) groups excluding carboxylic acids is 1. The summed E-state index contributed by atoms with van der Waals surface area (Å²) in [5, 5.41) is 8.63. The van der Waals surface area contributed by atoms with Gasteiger partial charge < -0.3 is 10.0 Å². The van der Waals surface area contributed by atoms with Crippen molar-refractivity contribution in [3.8, 4) is 11.8 Å². The quantitative estimate of drug-likeness (QED) is 0.787. The lowest BCUT2D eigenvalue weighted by Gasteiger charge is -2.19. The third kappa shape index (κ3) is 2.92. The van der Waals surface area contributed by atoms with E-state index in [1.807, 2.05) is 17.0 Å². The smallest absolute Gasteiger partial charge is 0.263 e. The first-order valence-corrected chi connectivity index (χ1v) is 6.82. The largest absolute Gasteiger partial charge is 0.384 e. The van der Waals surface area contributed by atoms with Crippen molar-refractivity contribution in [2.75, 3.05) is 19.7 Å². The summed E-state index contributed by atoms with van der Waals surface area (Å²) in [5.41, 5.74) is 0.229. The Morgan fingerprint density at radius 1 is 1.56 bits per heavy atom. The molecule has 0 saturated carbocycles. The summed E-state index contributed by atoms with van der Waals surface area (Å²) < 4.78 is 0. The summed E-state index contributed by atoms with van der Waals surface area (Å²) in [7, 11) is 0. The molecule has 1 aromatic rings. The Morgan fingerprint density at radius 3 is 2.94 bits per heavy atom. The lowest BCUT2D eigenvalue weighted by molar-refractivity contribution is 0.0783. The fourth-order valence-corrected chi connectivity index (χ4v) is 2.94. The average Bonchev–Trinajstić information content (AvgIpc) is 2.92. The van der Waals surface area contributed by atoms with Crippen molar-refractivity contribution in [1.82, 2.24) is 4.90 Å². The van der Waals surface area contributed by atoms with Gasteiger partial charge in [0.2, 0.25) is 0 Å². The van der Waals surface area contributed by atoms with Crippen LogP contribution >= 0.6 is 11.3 Å². The zero-order chi connectivity index (χ0) is 13.2. The molecule has 2 heterocycles. The first-order valence-electron chi connectivity index (χ1n) is 6.01. The first-order chi connectivity index (χ1) is 8.52.